The van der Waals surface area contributed by atoms with Crippen LogP contribution >= 0.6 is 0 Å². The third-order valence-electron chi connectivity index (χ3n) is 10.1. The lowest BCUT2D eigenvalue weighted by atomic mass is 9.92. The highest BCUT2D eigenvalue weighted by molar-refractivity contribution is 6.17. The fraction of sp³-hybridized carbons (Fsp3) is 0. The van der Waals surface area contributed by atoms with E-state index in [0.717, 1.165) is 5.69 Å². The normalized spacial score (nSPS) is 11.6. The first kappa shape index (κ1) is 28.4. The molecule has 10 rings (SSSR count). The number of hydrogen-bond acceptors (Lipinski definition) is 0. The van der Waals surface area contributed by atoms with Crippen molar-refractivity contribution < 1.29 is 0 Å². The smallest absolute Gasteiger partial charge is 0.0547 e. The molecule has 0 fully saturated rings. The van der Waals surface area contributed by atoms with Gasteiger partial charge < -0.3 is 9.13 Å². The van der Waals surface area contributed by atoms with Crippen molar-refractivity contribution in [3.63, 3.8) is 0 Å². The number of rotatable bonds is 5. The van der Waals surface area contributed by atoms with E-state index in [-0.39, 0.29) is 0 Å². The molecule has 2 nitrogen and oxygen atoms in total. The van der Waals surface area contributed by atoms with Crippen LogP contribution in [0.25, 0.3) is 88.4 Å². The van der Waals surface area contributed by atoms with Crippen LogP contribution in [0.5, 0.6) is 0 Å². The van der Waals surface area contributed by atoms with Gasteiger partial charge in [0, 0.05) is 32.8 Å². The Morgan fingerprint density at radius 3 is 1.56 bits per heavy atom. The third-order valence-corrected chi connectivity index (χ3v) is 10.1. The molecule has 0 radical (unpaired) electrons. The summed E-state index contributed by atoms with van der Waals surface area (Å²) in [6, 6.07) is 70.3. The van der Waals surface area contributed by atoms with Gasteiger partial charge in [-0.1, -0.05) is 152 Å². The van der Waals surface area contributed by atoms with E-state index in [2.05, 4.69) is 203 Å². The summed E-state index contributed by atoms with van der Waals surface area (Å²) >= 11 is 0. The first-order chi connectivity index (χ1) is 24.8. The molecule has 50 heavy (non-hydrogen) atoms. The number of aromatic nitrogens is 2. The molecule has 2 heterocycles. The second-order valence-corrected chi connectivity index (χ2v) is 12.9. The monoisotopic (exact) mass is 636 g/mol. The Kier molecular flexibility index (Phi) is 6.53. The summed E-state index contributed by atoms with van der Waals surface area (Å²) in [6.07, 6.45) is 0. The minimum atomic E-state index is 1.15. The van der Waals surface area contributed by atoms with E-state index >= 15 is 0 Å². The molecule has 234 valence electrons. The highest BCUT2D eigenvalue weighted by Gasteiger charge is 2.20. The number of nitrogens with zero attached hydrogens (tertiary/aromatic N) is 2. The Bertz CT molecular complexity index is 2860. The molecule has 0 saturated carbocycles. The summed E-state index contributed by atoms with van der Waals surface area (Å²) < 4.78 is 4.88. The molecule has 0 spiro atoms. The van der Waals surface area contributed by atoms with Crippen LogP contribution in [-0.4, -0.2) is 9.13 Å². The Morgan fingerprint density at radius 2 is 0.800 bits per heavy atom. The standard InChI is InChI=1S/C48H32N2/c1-3-16-33(17-4-1)36-20-7-8-22-38(36)40-25-15-29-47-48(40)41-24-11-14-28-45(41)49(47)35-30-31-46-42(32-35)39-23-10-13-27-44(39)50(46)43-26-12-9-21-37(43)34-18-5-2-6-19-34/h1-32H. The average Bonchev–Trinajstić information content (AvgIpc) is 3.71. The van der Waals surface area contributed by atoms with E-state index in [4.69, 9.17) is 0 Å². The Labute approximate surface area is 290 Å². The summed E-state index contributed by atoms with van der Waals surface area (Å²) in [4.78, 5) is 0. The first-order valence-electron chi connectivity index (χ1n) is 17.2. The molecule has 10 aromatic rings. The Hall–Kier alpha value is -6.64. The van der Waals surface area contributed by atoms with E-state index in [1.165, 1.54) is 82.7 Å². The van der Waals surface area contributed by atoms with Gasteiger partial charge in [-0.25, -0.2) is 0 Å². The predicted molar refractivity (Wildman–Crippen MR) is 211 cm³/mol. The Balaban J connectivity index is 1.23. The summed E-state index contributed by atoms with van der Waals surface area (Å²) in [5, 5.41) is 4.99. The molecular formula is C48H32N2. The van der Waals surface area contributed by atoms with Gasteiger partial charge >= 0.3 is 0 Å². The van der Waals surface area contributed by atoms with Gasteiger partial charge in [0.25, 0.3) is 0 Å². The Morgan fingerprint density at radius 1 is 0.280 bits per heavy atom. The fourth-order valence-electron chi connectivity index (χ4n) is 8.00. The van der Waals surface area contributed by atoms with E-state index in [0.29, 0.717) is 0 Å². The zero-order chi connectivity index (χ0) is 33.0. The van der Waals surface area contributed by atoms with E-state index < -0.39 is 0 Å². The van der Waals surface area contributed by atoms with Crippen molar-refractivity contribution in [2.75, 3.05) is 0 Å². The largest absolute Gasteiger partial charge is 0.309 e. The molecule has 0 aliphatic heterocycles. The van der Waals surface area contributed by atoms with Crippen molar-refractivity contribution >= 4 is 43.6 Å². The molecule has 2 heteroatoms. The lowest BCUT2D eigenvalue weighted by Gasteiger charge is -2.14. The number of hydrogen-bond donors (Lipinski definition) is 0. The molecule has 0 unspecified atom stereocenters. The summed E-state index contributed by atoms with van der Waals surface area (Å²) in [6.45, 7) is 0. The fourth-order valence-corrected chi connectivity index (χ4v) is 8.00. The molecule has 0 bridgehead atoms. The summed E-state index contributed by atoms with van der Waals surface area (Å²) in [5.41, 5.74) is 14.5. The van der Waals surface area contributed by atoms with Crippen LogP contribution < -0.4 is 0 Å². The maximum absolute atomic E-state index is 2.45. The summed E-state index contributed by atoms with van der Waals surface area (Å²) in [5.74, 6) is 0. The molecule has 0 atom stereocenters. The van der Waals surface area contributed by atoms with Crippen LogP contribution in [0.1, 0.15) is 0 Å². The number of para-hydroxylation sites is 3. The van der Waals surface area contributed by atoms with Crippen molar-refractivity contribution in [2.45, 2.75) is 0 Å². The second-order valence-electron chi connectivity index (χ2n) is 12.9. The van der Waals surface area contributed by atoms with Crippen LogP contribution in [0.15, 0.2) is 194 Å². The molecule has 0 saturated heterocycles. The van der Waals surface area contributed by atoms with Crippen LogP contribution in [-0.2, 0) is 0 Å². The van der Waals surface area contributed by atoms with Gasteiger partial charge in [-0.2, -0.15) is 0 Å². The highest BCUT2D eigenvalue weighted by Crippen LogP contribution is 2.43. The molecule has 8 aromatic carbocycles. The van der Waals surface area contributed by atoms with Gasteiger partial charge in [0.15, 0.2) is 0 Å². The van der Waals surface area contributed by atoms with Gasteiger partial charge in [0.2, 0.25) is 0 Å². The van der Waals surface area contributed by atoms with Crippen LogP contribution in [0.2, 0.25) is 0 Å². The van der Waals surface area contributed by atoms with Crippen molar-refractivity contribution in [1.29, 1.82) is 0 Å². The zero-order valence-corrected chi connectivity index (χ0v) is 27.4. The van der Waals surface area contributed by atoms with Gasteiger partial charge in [-0.15, -0.1) is 0 Å². The molecule has 0 amide bonds. The van der Waals surface area contributed by atoms with Crippen LogP contribution in [0.3, 0.4) is 0 Å². The molecule has 0 aliphatic carbocycles. The second kappa shape index (κ2) is 11.5. The minimum Gasteiger partial charge on any atom is -0.309 e. The van der Waals surface area contributed by atoms with Gasteiger partial charge in [-0.05, 0) is 70.3 Å². The maximum atomic E-state index is 2.45. The SMILES string of the molecule is c1ccc(-c2ccccc2-c2cccc3c2c2ccccc2n3-c2ccc3c(c2)c2ccccc2n3-c2ccccc2-c2ccccc2)cc1. The van der Waals surface area contributed by atoms with Crippen molar-refractivity contribution in [3.05, 3.63) is 194 Å². The summed E-state index contributed by atoms with van der Waals surface area (Å²) in [7, 11) is 0. The molecule has 2 aromatic heterocycles. The highest BCUT2D eigenvalue weighted by atomic mass is 15.0. The number of fused-ring (bicyclic) bond motifs is 6. The third kappa shape index (κ3) is 4.36. The van der Waals surface area contributed by atoms with Crippen molar-refractivity contribution in [2.24, 2.45) is 0 Å². The molecule has 0 N–H and O–H groups in total. The van der Waals surface area contributed by atoms with Crippen molar-refractivity contribution in [1.82, 2.24) is 9.13 Å². The average molecular weight is 637 g/mol. The van der Waals surface area contributed by atoms with Gasteiger partial charge in [-0.3, -0.25) is 0 Å². The number of benzene rings is 8. The maximum Gasteiger partial charge on any atom is 0.0547 e. The van der Waals surface area contributed by atoms with Gasteiger partial charge in [0.05, 0.1) is 27.8 Å². The topological polar surface area (TPSA) is 9.86 Å². The zero-order valence-electron chi connectivity index (χ0n) is 27.4. The molecule has 0 aliphatic rings. The van der Waals surface area contributed by atoms with E-state index in [1.807, 2.05) is 0 Å². The van der Waals surface area contributed by atoms with Crippen LogP contribution in [0, 0.1) is 0 Å². The quantitative estimate of drug-likeness (QED) is 0.178. The minimum absolute atomic E-state index is 1.15. The lowest BCUT2D eigenvalue weighted by molar-refractivity contribution is 1.17. The van der Waals surface area contributed by atoms with E-state index in [9.17, 15) is 0 Å². The molecular weight excluding hydrogens is 605 g/mol. The first-order valence-corrected chi connectivity index (χ1v) is 17.2. The van der Waals surface area contributed by atoms with Gasteiger partial charge in [0.1, 0.15) is 0 Å². The lowest BCUT2D eigenvalue weighted by Crippen LogP contribution is -1.98. The predicted octanol–water partition coefficient (Wildman–Crippen LogP) is 12.9. The van der Waals surface area contributed by atoms with Crippen molar-refractivity contribution in [3.8, 4) is 44.8 Å². The van der Waals surface area contributed by atoms with E-state index in [1.54, 1.807) is 0 Å². The van der Waals surface area contributed by atoms with Crippen LogP contribution in [0.4, 0.5) is 0 Å².